The van der Waals surface area contributed by atoms with Crippen LogP contribution in [-0.2, 0) is 6.54 Å². The minimum atomic E-state index is 0.399. The topological polar surface area (TPSA) is 85.5 Å². The summed E-state index contributed by atoms with van der Waals surface area (Å²) in [6.07, 6.45) is 11.2. The van der Waals surface area contributed by atoms with E-state index in [-0.39, 0.29) is 0 Å². The standard InChI is InChI=1S/C22H26N8/c1-2-29-15-17(13-25-29)19-10-20-16(11-24-19)12-26-30(20)22-8-5-7-21(28-22)27-18-6-3-4-9-23-14-18/h5,7-8,10-13,15,18,23H,2-4,6,9,14H2,1H3,(H,27,28). The van der Waals surface area contributed by atoms with E-state index in [9.17, 15) is 0 Å². The van der Waals surface area contributed by atoms with Gasteiger partial charge in [-0.05, 0) is 44.5 Å². The Hall–Kier alpha value is -3.26. The SMILES string of the molecule is CCn1cc(-c2cc3c(cn2)cnn3-c2cccc(NC3CCCCNC3)n2)cn1. The van der Waals surface area contributed by atoms with E-state index in [0.717, 1.165) is 59.9 Å². The summed E-state index contributed by atoms with van der Waals surface area (Å²) in [5.74, 6) is 1.67. The molecule has 154 valence electrons. The van der Waals surface area contributed by atoms with Crippen molar-refractivity contribution in [2.45, 2.75) is 38.8 Å². The highest BCUT2D eigenvalue weighted by Crippen LogP contribution is 2.24. The summed E-state index contributed by atoms with van der Waals surface area (Å²) in [5.41, 5.74) is 2.85. The zero-order valence-electron chi connectivity index (χ0n) is 17.1. The van der Waals surface area contributed by atoms with Crippen LogP contribution in [-0.4, -0.2) is 48.7 Å². The molecule has 1 atom stereocenters. The van der Waals surface area contributed by atoms with Gasteiger partial charge in [0.2, 0.25) is 0 Å². The van der Waals surface area contributed by atoms with Crippen LogP contribution in [0.25, 0.3) is 28.0 Å². The molecule has 8 heteroatoms. The van der Waals surface area contributed by atoms with E-state index in [0.29, 0.717) is 6.04 Å². The maximum Gasteiger partial charge on any atom is 0.156 e. The van der Waals surface area contributed by atoms with Crippen LogP contribution in [0.2, 0.25) is 0 Å². The minimum Gasteiger partial charge on any atom is -0.366 e. The van der Waals surface area contributed by atoms with E-state index in [1.54, 1.807) is 0 Å². The maximum absolute atomic E-state index is 4.83. The molecule has 0 saturated carbocycles. The average molecular weight is 403 g/mol. The predicted molar refractivity (Wildman–Crippen MR) is 118 cm³/mol. The monoisotopic (exact) mass is 402 g/mol. The Labute approximate surface area is 175 Å². The first-order chi connectivity index (χ1) is 14.8. The van der Waals surface area contributed by atoms with Crippen LogP contribution in [0.1, 0.15) is 26.2 Å². The molecule has 8 nitrogen and oxygen atoms in total. The fraction of sp³-hybridized carbons (Fsp3) is 0.364. The first-order valence-corrected chi connectivity index (χ1v) is 10.6. The molecule has 2 N–H and O–H groups in total. The number of fused-ring (bicyclic) bond motifs is 1. The van der Waals surface area contributed by atoms with E-state index < -0.39 is 0 Å². The van der Waals surface area contributed by atoms with Gasteiger partial charge in [0.25, 0.3) is 0 Å². The maximum atomic E-state index is 4.83. The van der Waals surface area contributed by atoms with Gasteiger partial charge in [-0.2, -0.15) is 10.2 Å². The molecule has 0 amide bonds. The van der Waals surface area contributed by atoms with E-state index in [1.165, 1.54) is 12.8 Å². The number of pyridine rings is 2. The highest BCUT2D eigenvalue weighted by atomic mass is 15.3. The van der Waals surface area contributed by atoms with E-state index >= 15 is 0 Å². The Bertz CT molecular complexity index is 1140. The second-order valence-electron chi connectivity index (χ2n) is 7.69. The number of anilines is 1. The van der Waals surface area contributed by atoms with Gasteiger partial charge in [0, 0.05) is 42.5 Å². The van der Waals surface area contributed by atoms with Gasteiger partial charge < -0.3 is 10.6 Å². The molecule has 0 radical (unpaired) electrons. The lowest BCUT2D eigenvalue weighted by Crippen LogP contribution is -2.31. The normalized spacial score (nSPS) is 17.2. The summed E-state index contributed by atoms with van der Waals surface area (Å²) >= 11 is 0. The Balaban J connectivity index is 1.46. The van der Waals surface area contributed by atoms with E-state index in [4.69, 9.17) is 4.98 Å². The van der Waals surface area contributed by atoms with Gasteiger partial charge in [0.1, 0.15) is 5.82 Å². The number of aromatic nitrogens is 6. The van der Waals surface area contributed by atoms with Gasteiger partial charge in [-0.3, -0.25) is 9.67 Å². The molecule has 1 saturated heterocycles. The fourth-order valence-electron chi connectivity index (χ4n) is 3.90. The van der Waals surface area contributed by atoms with Crippen molar-refractivity contribution in [1.82, 2.24) is 34.8 Å². The van der Waals surface area contributed by atoms with E-state index in [1.807, 2.05) is 52.4 Å². The molecule has 5 rings (SSSR count). The number of hydrogen-bond acceptors (Lipinski definition) is 6. The molecule has 1 fully saturated rings. The van der Waals surface area contributed by atoms with Crippen molar-refractivity contribution in [3.05, 3.63) is 49.1 Å². The molecule has 0 bridgehead atoms. The van der Waals surface area contributed by atoms with Gasteiger partial charge in [0.15, 0.2) is 5.82 Å². The Morgan fingerprint density at radius 2 is 2.13 bits per heavy atom. The number of aryl methyl sites for hydroxylation is 1. The second-order valence-corrected chi connectivity index (χ2v) is 7.69. The fourth-order valence-corrected chi connectivity index (χ4v) is 3.90. The van der Waals surface area contributed by atoms with Crippen molar-refractivity contribution in [3.8, 4) is 17.1 Å². The third kappa shape index (κ3) is 3.78. The molecule has 30 heavy (non-hydrogen) atoms. The lowest BCUT2D eigenvalue weighted by atomic mass is 10.1. The first-order valence-electron chi connectivity index (χ1n) is 10.6. The second kappa shape index (κ2) is 8.23. The molecule has 4 aromatic rings. The number of nitrogens with one attached hydrogen (secondary N) is 2. The molecule has 0 spiro atoms. The first kappa shape index (κ1) is 18.7. The van der Waals surface area contributed by atoms with Crippen molar-refractivity contribution in [3.63, 3.8) is 0 Å². The number of rotatable bonds is 5. The third-order valence-electron chi connectivity index (χ3n) is 5.56. The lowest BCUT2D eigenvalue weighted by molar-refractivity contribution is 0.633. The molecule has 1 aliphatic rings. The Kier molecular flexibility index (Phi) is 5.15. The van der Waals surface area contributed by atoms with Crippen LogP contribution >= 0.6 is 0 Å². The molecule has 0 aliphatic carbocycles. The predicted octanol–water partition coefficient (Wildman–Crippen LogP) is 3.25. The van der Waals surface area contributed by atoms with Crippen molar-refractivity contribution in [2.75, 3.05) is 18.4 Å². The smallest absolute Gasteiger partial charge is 0.156 e. The summed E-state index contributed by atoms with van der Waals surface area (Å²) in [6.45, 7) is 4.97. The zero-order valence-corrected chi connectivity index (χ0v) is 17.1. The van der Waals surface area contributed by atoms with Crippen LogP contribution in [0, 0.1) is 0 Å². The van der Waals surface area contributed by atoms with Gasteiger partial charge in [-0.25, -0.2) is 9.67 Å². The van der Waals surface area contributed by atoms with Crippen molar-refractivity contribution < 1.29 is 0 Å². The molecular weight excluding hydrogens is 376 g/mol. The van der Waals surface area contributed by atoms with Gasteiger partial charge in [0.05, 0.1) is 23.6 Å². The third-order valence-corrected chi connectivity index (χ3v) is 5.56. The van der Waals surface area contributed by atoms with E-state index in [2.05, 4.69) is 38.8 Å². The molecule has 0 aromatic carbocycles. The Morgan fingerprint density at radius 1 is 1.17 bits per heavy atom. The quantitative estimate of drug-likeness (QED) is 0.533. The van der Waals surface area contributed by atoms with Crippen LogP contribution in [0.5, 0.6) is 0 Å². The summed E-state index contributed by atoms with van der Waals surface area (Å²) in [4.78, 5) is 9.42. The van der Waals surface area contributed by atoms with Crippen LogP contribution < -0.4 is 10.6 Å². The van der Waals surface area contributed by atoms with Crippen LogP contribution in [0.4, 0.5) is 5.82 Å². The molecular formula is C22H26N8. The Morgan fingerprint density at radius 3 is 3.03 bits per heavy atom. The zero-order chi connectivity index (χ0) is 20.3. The van der Waals surface area contributed by atoms with Crippen LogP contribution in [0.3, 0.4) is 0 Å². The van der Waals surface area contributed by atoms with Gasteiger partial charge in [-0.1, -0.05) is 12.5 Å². The van der Waals surface area contributed by atoms with Gasteiger partial charge >= 0.3 is 0 Å². The van der Waals surface area contributed by atoms with Crippen molar-refractivity contribution >= 4 is 16.7 Å². The largest absolute Gasteiger partial charge is 0.366 e. The summed E-state index contributed by atoms with van der Waals surface area (Å²) in [7, 11) is 0. The average Bonchev–Trinajstić information content (AvgIpc) is 3.35. The highest BCUT2D eigenvalue weighted by Gasteiger charge is 2.14. The van der Waals surface area contributed by atoms with Gasteiger partial charge in [-0.15, -0.1) is 0 Å². The van der Waals surface area contributed by atoms with Crippen LogP contribution in [0.15, 0.2) is 49.1 Å². The number of nitrogens with zero attached hydrogens (tertiary/aromatic N) is 6. The van der Waals surface area contributed by atoms with Crippen molar-refractivity contribution in [1.29, 1.82) is 0 Å². The minimum absolute atomic E-state index is 0.399. The highest BCUT2D eigenvalue weighted by molar-refractivity contribution is 5.83. The molecule has 1 aliphatic heterocycles. The summed E-state index contributed by atoms with van der Waals surface area (Å²) in [5, 5.41) is 17.0. The summed E-state index contributed by atoms with van der Waals surface area (Å²) in [6, 6.07) is 8.48. The lowest BCUT2D eigenvalue weighted by Gasteiger charge is -2.17. The molecule has 4 aromatic heterocycles. The molecule has 1 unspecified atom stereocenters. The van der Waals surface area contributed by atoms with Crippen molar-refractivity contribution in [2.24, 2.45) is 0 Å². The number of hydrogen-bond donors (Lipinski definition) is 2. The summed E-state index contributed by atoms with van der Waals surface area (Å²) < 4.78 is 3.78. The molecule has 5 heterocycles.